The van der Waals surface area contributed by atoms with Gasteiger partial charge in [-0.2, -0.15) is 13.2 Å². The van der Waals surface area contributed by atoms with Crippen LogP contribution in [0, 0.1) is 17.8 Å². The van der Waals surface area contributed by atoms with Gasteiger partial charge in [0.2, 0.25) is 5.91 Å². The smallest absolute Gasteiger partial charge is 0.431 e. The summed E-state index contributed by atoms with van der Waals surface area (Å²) in [6, 6.07) is 0. The first-order chi connectivity index (χ1) is 9.59. The van der Waals surface area contributed by atoms with Crippen LogP contribution in [0.3, 0.4) is 0 Å². The molecular weight excluding hydrogens is 287 g/mol. The van der Waals surface area contributed by atoms with E-state index < -0.39 is 41.2 Å². The predicted molar refractivity (Wildman–Crippen MR) is 70.0 cm³/mol. The van der Waals surface area contributed by atoms with Gasteiger partial charge in [0.25, 0.3) is 0 Å². The lowest BCUT2D eigenvalue weighted by atomic mass is 9.77. The molecule has 1 aliphatic rings. The lowest BCUT2D eigenvalue weighted by Gasteiger charge is -2.33. The summed E-state index contributed by atoms with van der Waals surface area (Å²) in [4.78, 5) is 23.7. The molecule has 2 unspecified atom stereocenters. The SMILES string of the molecule is CCOC(=O)C1=C(C(F)(F)F)NC(=O)C(C)C1CC(C)C. The second-order valence-corrected chi connectivity index (χ2v) is 5.52. The van der Waals surface area contributed by atoms with Gasteiger partial charge in [-0.25, -0.2) is 4.79 Å². The lowest BCUT2D eigenvalue weighted by Crippen LogP contribution is -2.46. The van der Waals surface area contributed by atoms with Crippen LogP contribution in [0.2, 0.25) is 0 Å². The fraction of sp³-hybridized carbons (Fsp3) is 0.714. The first-order valence-electron chi connectivity index (χ1n) is 6.88. The Balaban J connectivity index is 3.39. The van der Waals surface area contributed by atoms with Crippen molar-refractivity contribution in [1.29, 1.82) is 0 Å². The van der Waals surface area contributed by atoms with E-state index in [4.69, 9.17) is 4.74 Å². The molecule has 0 saturated heterocycles. The van der Waals surface area contributed by atoms with Crippen molar-refractivity contribution < 1.29 is 27.5 Å². The lowest BCUT2D eigenvalue weighted by molar-refractivity contribution is -0.144. The first-order valence-corrected chi connectivity index (χ1v) is 6.88. The molecule has 0 spiro atoms. The summed E-state index contributed by atoms with van der Waals surface area (Å²) < 4.78 is 44.1. The van der Waals surface area contributed by atoms with Crippen molar-refractivity contribution in [2.24, 2.45) is 17.8 Å². The minimum absolute atomic E-state index is 0.0236. The fourth-order valence-corrected chi connectivity index (χ4v) is 2.44. The monoisotopic (exact) mass is 307 g/mol. The Morgan fingerprint density at radius 3 is 2.38 bits per heavy atom. The second kappa shape index (κ2) is 6.49. The Bertz CT molecular complexity index is 455. The average Bonchev–Trinajstić information content (AvgIpc) is 2.33. The van der Waals surface area contributed by atoms with Crippen LogP contribution in [0.25, 0.3) is 0 Å². The number of halogens is 3. The summed E-state index contributed by atoms with van der Waals surface area (Å²) in [6.45, 7) is 6.68. The number of hydrogen-bond acceptors (Lipinski definition) is 3. The van der Waals surface area contributed by atoms with E-state index in [0.29, 0.717) is 6.42 Å². The third-order valence-corrected chi connectivity index (χ3v) is 3.41. The van der Waals surface area contributed by atoms with Crippen LogP contribution in [0.15, 0.2) is 11.3 Å². The van der Waals surface area contributed by atoms with Crippen LogP contribution in [0.5, 0.6) is 0 Å². The van der Waals surface area contributed by atoms with Crippen molar-refractivity contribution in [3.8, 4) is 0 Å². The minimum atomic E-state index is -4.80. The van der Waals surface area contributed by atoms with Gasteiger partial charge in [0.15, 0.2) is 0 Å². The number of alkyl halides is 3. The van der Waals surface area contributed by atoms with Gasteiger partial charge in [-0.3, -0.25) is 4.79 Å². The highest BCUT2D eigenvalue weighted by Gasteiger charge is 2.48. The number of ether oxygens (including phenoxy) is 1. The molecule has 0 aromatic heterocycles. The Labute approximate surface area is 121 Å². The molecule has 120 valence electrons. The molecule has 1 aliphatic heterocycles. The largest absolute Gasteiger partial charge is 0.463 e. The van der Waals surface area contributed by atoms with Crippen molar-refractivity contribution >= 4 is 11.9 Å². The quantitative estimate of drug-likeness (QED) is 0.813. The zero-order valence-corrected chi connectivity index (χ0v) is 12.5. The maximum Gasteiger partial charge on any atom is 0.431 e. The van der Waals surface area contributed by atoms with E-state index in [-0.39, 0.29) is 12.5 Å². The van der Waals surface area contributed by atoms with E-state index in [2.05, 4.69) is 0 Å². The average molecular weight is 307 g/mol. The molecule has 0 saturated carbocycles. The van der Waals surface area contributed by atoms with Crippen molar-refractivity contribution in [2.45, 2.75) is 40.3 Å². The summed E-state index contributed by atoms with van der Waals surface area (Å²) in [5.74, 6) is -3.20. The summed E-state index contributed by atoms with van der Waals surface area (Å²) >= 11 is 0. The first kappa shape index (κ1) is 17.5. The Morgan fingerprint density at radius 1 is 1.38 bits per heavy atom. The van der Waals surface area contributed by atoms with E-state index >= 15 is 0 Å². The van der Waals surface area contributed by atoms with Crippen LogP contribution in [-0.4, -0.2) is 24.7 Å². The van der Waals surface area contributed by atoms with E-state index in [1.165, 1.54) is 13.8 Å². The predicted octanol–water partition coefficient (Wildman–Crippen LogP) is 2.79. The number of rotatable bonds is 4. The molecule has 0 aromatic carbocycles. The van der Waals surface area contributed by atoms with Gasteiger partial charge in [0.05, 0.1) is 12.2 Å². The molecule has 4 nitrogen and oxygen atoms in total. The van der Waals surface area contributed by atoms with Gasteiger partial charge >= 0.3 is 12.1 Å². The summed E-state index contributed by atoms with van der Waals surface area (Å²) in [5.41, 5.74) is -1.75. The van der Waals surface area contributed by atoms with Crippen LogP contribution < -0.4 is 5.32 Å². The number of nitrogens with one attached hydrogen (secondary N) is 1. The molecule has 0 aliphatic carbocycles. The molecule has 21 heavy (non-hydrogen) atoms. The van der Waals surface area contributed by atoms with Crippen LogP contribution in [0.4, 0.5) is 13.2 Å². The highest BCUT2D eigenvalue weighted by atomic mass is 19.4. The molecule has 0 fully saturated rings. The maximum absolute atomic E-state index is 13.1. The third kappa shape index (κ3) is 3.98. The molecule has 7 heteroatoms. The summed E-state index contributed by atoms with van der Waals surface area (Å²) in [5, 5.41) is 1.81. The summed E-state index contributed by atoms with van der Waals surface area (Å²) in [7, 11) is 0. The van der Waals surface area contributed by atoms with Crippen molar-refractivity contribution in [3.05, 3.63) is 11.3 Å². The Morgan fingerprint density at radius 2 is 1.95 bits per heavy atom. The maximum atomic E-state index is 13.1. The molecule has 1 rings (SSSR count). The van der Waals surface area contributed by atoms with Crippen LogP contribution in [-0.2, 0) is 14.3 Å². The molecule has 1 amide bonds. The topological polar surface area (TPSA) is 55.4 Å². The standard InChI is InChI=1S/C14H20F3NO3/c1-5-21-13(20)10-9(6-7(2)3)8(4)12(19)18-11(10)14(15,16)17/h7-9H,5-6H2,1-4H3,(H,18,19). The molecule has 0 aromatic rings. The zero-order chi connectivity index (χ0) is 16.4. The fourth-order valence-electron chi connectivity index (χ4n) is 2.44. The Kier molecular flexibility index (Phi) is 5.42. The van der Waals surface area contributed by atoms with E-state index in [9.17, 15) is 22.8 Å². The molecule has 1 N–H and O–H groups in total. The number of esters is 1. The molecule has 0 bridgehead atoms. The summed E-state index contributed by atoms with van der Waals surface area (Å²) in [6.07, 6.45) is -4.49. The van der Waals surface area contributed by atoms with Gasteiger partial charge in [0, 0.05) is 11.8 Å². The van der Waals surface area contributed by atoms with Crippen molar-refractivity contribution in [3.63, 3.8) is 0 Å². The number of allylic oxidation sites excluding steroid dienone is 1. The van der Waals surface area contributed by atoms with Gasteiger partial charge in [-0.1, -0.05) is 20.8 Å². The van der Waals surface area contributed by atoms with Gasteiger partial charge in [0.1, 0.15) is 5.70 Å². The van der Waals surface area contributed by atoms with Crippen molar-refractivity contribution in [1.82, 2.24) is 5.32 Å². The van der Waals surface area contributed by atoms with Crippen LogP contribution in [0.1, 0.15) is 34.1 Å². The van der Waals surface area contributed by atoms with Crippen molar-refractivity contribution in [2.75, 3.05) is 6.61 Å². The van der Waals surface area contributed by atoms with E-state index in [1.54, 1.807) is 0 Å². The molecule has 2 atom stereocenters. The third-order valence-electron chi connectivity index (χ3n) is 3.41. The highest BCUT2D eigenvalue weighted by molar-refractivity contribution is 5.95. The number of carbonyl (C=O) groups excluding carboxylic acids is 2. The molecule has 0 radical (unpaired) electrons. The van der Waals surface area contributed by atoms with Gasteiger partial charge in [-0.05, 0) is 19.3 Å². The molecule has 1 heterocycles. The van der Waals surface area contributed by atoms with Gasteiger partial charge < -0.3 is 10.1 Å². The van der Waals surface area contributed by atoms with Gasteiger partial charge in [-0.15, -0.1) is 0 Å². The number of hydrogen-bond donors (Lipinski definition) is 1. The highest BCUT2D eigenvalue weighted by Crippen LogP contribution is 2.39. The molecular formula is C14H20F3NO3. The normalized spacial score (nSPS) is 23.3. The Hall–Kier alpha value is -1.53. The second-order valence-electron chi connectivity index (χ2n) is 5.52. The van der Waals surface area contributed by atoms with E-state index in [0.717, 1.165) is 0 Å². The number of amides is 1. The number of carbonyl (C=O) groups is 2. The minimum Gasteiger partial charge on any atom is -0.463 e. The van der Waals surface area contributed by atoms with E-state index in [1.807, 2.05) is 19.2 Å². The van der Waals surface area contributed by atoms with Crippen LogP contribution >= 0.6 is 0 Å². The zero-order valence-electron chi connectivity index (χ0n) is 12.5.